The maximum Gasteiger partial charge on any atom is 0.309 e. The second kappa shape index (κ2) is 8.16. The molecule has 0 atom stereocenters. The van der Waals surface area contributed by atoms with Crippen molar-refractivity contribution in [1.29, 1.82) is 0 Å². The maximum absolute atomic E-state index is 12.3. The third-order valence-corrected chi connectivity index (χ3v) is 4.63. The molecule has 0 aliphatic rings. The fraction of sp³-hybridized carbons (Fsp3) is 0.190. The van der Waals surface area contributed by atoms with Gasteiger partial charge in [-0.05, 0) is 35.7 Å². The second-order valence-electron chi connectivity index (χ2n) is 6.48. The van der Waals surface area contributed by atoms with Gasteiger partial charge in [0.25, 0.3) is 5.56 Å². The summed E-state index contributed by atoms with van der Waals surface area (Å²) in [4.78, 5) is 31.2. The summed E-state index contributed by atoms with van der Waals surface area (Å²) in [7, 11) is 1.37. The number of hydrogen-bond donors (Lipinski definition) is 2. The molecule has 0 aliphatic carbocycles. The summed E-state index contributed by atoms with van der Waals surface area (Å²) in [6, 6.07) is 13.2. The van der Waals surface area contributed by atoms with Crippen molar-refractivity contribution in [2.75, 3.05) is 13.7 Å². The highest BCUT2D eigenvalue weighted by molar-refractivity contribution is 5.80. The SMILES string of the molecule is CCOc1cc(-c2ccccc2CC(=O)OC)ccc1-c1nc2[nH]nnc2c(=O)[nH]1. The molecule has 0 bridgehead atoms. The molecule has 0 amide bonds. The van der Waals surface area contributed by atoms with E-state index in [4.69, 9.17) is 9.47 Å². The zero-order valence-corrected chi connectivity index (χ0v) is 16.4. The summed E-state index contributed by atoms with van der Waals surface area (Å²) in [5, 5.41) is 9.96. The number of nitrogens with one attached hydrogen (secondary N) is 2. The molecule has 2 aromatic heterocycles. The number of methoxy groups -OCH3 is 1. The third kappa shape index (κ3) is 3.64. The number of esters is 1. The van der Waals surface area contributed by atoms with E-state index >= 15 is 0 Å². The lowest BCUT2D eigenvalue weighted by atomic mass is 9.96. The molecule has 9 heteroatoms. The van der Waals surface area contributed by atoms with E-state index in [0.717, 1.165) is 16.7 Å². The molecule has 0 saturated heterocycles. The number of H-pyrrole nitrogens is 2. The highest BCUT2D eigenvalue weighted by Gasteiger charge is 2.16. The van der Waals surface area contributed by atoms with Gasteiger partial charge in [-0.25, -0.2) is 10.1 Å². The average molecular weight is 405 g/mol. The van der Waals surface area contributed by atoms with E-state index < -0.39 is 5.56 Å². The molecule has 0 unspecified atom stereocenters. The van der Waals surface area contributed by atoms with Crippen molar-refractivity contribution in [3.8, 4) is 28.3 Å². The molecule has 152 valence electrons. The number of aromatic nitrogens is 5. The van der Waals surface area contributed by atoms with Crippen molar-refractivity contribution in [3.05, 3.63) is 58.4 Å². The lowest BCUT2D eigenvalue weighted by molar-refractivity contribution is -0.139. The van der Waals surface area contributed by atoms with Gasteiger partial charge in [-0.2, -0.15) is 0 Å². The molecular weight excluding hydrogens is 386 g/mol. The Balaban J connectivity index is 1.81. The van der Waals surface area contributed by atoms with Crippen LogP contribution in [0.5, 0.6) is 5.75 Å². The van der Waals surface area contributed by atoms with Gasteiger partial charge in [0.05, 0.1) is 25.7 Å². The summed E-state index contributed by atoms with van der Waals surface area (Å²) in [6.45, 7) is 2.30. The molecule has 0 fully saturated rings. The first-order chi connectivity index (χ1) is 14.6. The van der Waals surface area contributed by atoms with Crippen LogP contribution in [0.4, 0.5) is 0 Å². The van der Waals surface area contributed by atoms with Crippen LogP contribution in [0.2, 0.25) is 0 Å². The Labute approximate surface area is 171 Å². The zero-order chi connectivity index (χ0) is 21.1. The van der Waals surface area contributed by atoms with E-state index in [1.807, 2.05) is 49.4 Å². The van der Waals surface area contributed by atoms with Crippen molar-refractivity contribution >= 4 is 17.1 Å². The Bertz CT molecular complexity index is 1280. The monoisotopic (exact) mass is 405 g/mol. The van der Waals surface area contributed by atoms with Gasteiger partial charge in [0, 0.05) is 0 Å². The van der Waals surface area contributed by atoms with Gasteiger partial charge in [-0.1, -0.05) is 35.5 Å². The second-order valence-corrected chi connectivity index (χ2v) is 6.48. The van der Waals surface area contributed by atoms with Crippen LogP contribution in [-0.2, 0) is 16.0 Å². The van der Waals surface area contributed by atoms with Crippen LogP contribution in [0, 0.1) is 0 Å². The van der Waals surface area contributed by atoms with Gasteiger partial charge in [0.2, 0.25) is 0 Å². The van der Waals surface area contributed by atoms with Crippen molar-refractivity contribution in [1.82, 2.24) is 25.4 Å². The van der Waals surface area contributed by atoms with Crippen LogP contribution in [0.25, 0.3) is 33.7 Å². The molecule has 4 rings (SSSR count). The lowest BCUT2D eigenvalue weighted by Gasteiger charge is -2.14. The third-order valence-electron chi connectivity index (χ3n) is 4.63. The summed E-state index contributed by atoms with van der Waals surface area (Å²) in [6.07, 6.45) is 0.163. The number of fused-ring (bicyclic) bond motifs is 1. The fourth-order valence-corrected chi connectivity index (χ4v) is 3.23. The number of carbonyl (C=O) groups is 1. The molecule has 2 aromatic carbocycles. The molecule has 0 radical (unpaired) electrons. The van der Waals surface area contributed by atoms with E-state index in [0.29, 0.717) is 29.4 Å². The van der Waals surface area contributed by atoms with E-state index in [1.54, 1.807) is 0 Å². The minimum absolute atomic E-state index is 0.144. The van der Waals surface area contributed by atoms with Crippen LogP contribution in [0.3, 0.4) is 0 Å². The van der Waals surface area contributed by atoms with Crippen molar-refractivity contribution < 1.29 is 14.3 Å². The molecule has 4 aromatic rings. The summed E-state index contributed by atoms with van der Waals surface area (Å²) >= 11 is 0. The standard InChI is InChI=1S/C21H19N5O4/c1-3-30-16-10-13(14-7-5-4-6-12(14)11-17(27)29-2)8-9-15(16)19-22-20-18(21(28)23-19)24-26-25-20/h4-10H,3,11H2,1-2H3,(H2,22,23,24,25,26,28). The molecule has 0 spiro atoms. The van der Waals surface area contributed by atoms with Crippen LogP contribution in [-0.4, -0.2) is 45.1 Å². The first-order valence-corrected chi connectivity index (χ1v) is 9.34. The molecule has 2 N–H and O–H groups in total. The molecule has 0 aliphatic heterocycles. The topological polar surface area (TPSA) is 123 Å². The van der Waals surface area contributed by atoms with Gasteiger partial charge >= 0.3 is 5.97 Å². The maximum atomic E-state index is 12.3. The Morgan fingerprint density at radius 1 is 1.13 bits per heavy atom. The van der Waals surface area contributed by atoms with Gasteiger partial charge < -0.3 is 14.5 Å². The molecular formula is C21H19N5O4. The quantitative estimate of drug-likeness (QED) is 0.472. The van der Waals surface area contributed by atoms with E-state index in [9.17, 15) is 9.59 Å². The smallest absolute Gasteiger partial charge is 0.309 e. The summed E-state index contributed by atoms with van der Waals surface area (Å²) in [5.74, 6) is 0.585. The predicted molar refractivity (Wildman–Crippen MR) is 110 cm³/mol. The van der Waals surface area contributed by atoms with Crippen molar-refractivity contribution in [2.24, 2.45) is 0 Å². The van der Waals surface area contributed by atoms with E-state index in [1.165, 1.54) is 7.11 Å². The van der Waals surface area contributed by atoms with Crippen LogP contribution in [0.15, 0.2) is 47.3 Å². The molecule has 30 heavy (non-hydrogen) atoms. The largest absolute Gasteiger partial charge is 0.493 e. The predicted octanol–water partition coefficient (Wildman–Crippen LogP) is 2.49. The van der Waals surface area contributed by atoms with Gasteiger partial charge in [0.1, 0.15) is 11.6 Å². The molecule has 9 nitrogen and oxygen atoms in total. The number of hydrogen-bond acceptors (Lipinski definition) is 7. The summed E-state index contributed by atoms with van der Waals surface area (Å²) < 4.78 is 10.6. The number of benzene rings is 2. The number of ether oxygens (including phenoxy) is 2. The van der Waals surface area contributed by atoms with E-state index in [2.05, 4.69) is 25.4 Å². The number of nitrogens with zero attached hydrogens (tertiary/aromatic N) is 3. The van der Waals surface area contributed by atoms with Crippen LogP contribution >= 0.6 is 0 Å². The lowest BCUT2D eigenvalue weighted by Crippen LogP contribution is -2.10. The van der Waals surface area contributed by atoms with Crippen molar-refractivity contribution in [2.45, 2.75) is 13.3 Å². The Hall–Kier alpha value is -4.01. The van der Waals surface area contributed by atoms with Crippen molar-refractivity contribution in [3.63, 3.8) is 0 Å². The first-order valence-electron chi connectivity index (χ1n) is 9.34. The van der Waals surface area contributed by atoms with Crippen LogP contribution < -0.4 is 10.3 Å². The normalized spacial score (nSPS) is 10.9. The Kier molecular flexibility index (Phi) is 5.25. The summed E-state index contributed by atoms with van der Waals surface area (Å²) in [5.41, 5.74) is 3.28. The first kappa shape index (κ1) is 19.3. The molecule has 2 heterocycles. The highest BCUT2D eigenvalue weighted by atomic mass is 16.5. The zero-order valence-electron chi connectivity index (χ0n) is 16.4. The Morgan fingerprint density at radius 3 is 2.77 bits per heavy atom. The number of carbonyl (C=O) groups excluding carboxylic acids is 1. The number of rotatable bonds is 6. The average Bonchev–Trinajstić information content (AvgIpc) is 3.23. The minimum atomic E-state index is -0.390. The minimum Gasteiger partial charge on any atom is -0.493 e. The van der Waals surface area contributed by atoms with Crippen LogP contribution in [0.1, 0.15) is 12.5 Å². The fourth-order valence-electron chi connectivity index (χ4n) is 3.23. The Morgan fingerprint density at radius 2 is 1.97 bits per heavy atom. The molecule has 0 saturated carbocycles. The van der Waals surface area contributed by atoms with E-state index in [-0.39, 0.29) is 17.9 Å². The highest BCUT2D eigenvalue weighted by Crippen LogP contribution is 2.34. The van der Waals surface area contributed by atoms with Gasteiger partial charge in [-0.3, -0.25) is 9.59 Å². The van der Waals surface area contributed by atoms with Gasteiger partial charge in [0.15, 0.2) is 11.2 Å². The number of aromatic amines is 2. The van der Waals surface area contributed by atoms with Gasteiger partial charge in [-0.15, -0.1) is 5.10 Å².